The van der Waals surface area contributed by atoms with Gasteiger partial charge in [0.05, 0.1) is 48.1 Å². The van der Waals surface area contributed by atoms with Gasteiger partial charge in [0.2, 0.25) is 0 Å². The maximum absolute atomic E-state index is 12.9. The van der Waals surface area contributed by atoms with Crippen molar-refractivity contribution in [1.29, 1.82) is 0 Å². The van der Waals surface area contributed by atoms with Crippen LogP contribution in [0.4, 0.5) is 0 Å². The van der Waals surface area contributed by atoms with E-state index in [1.807, 2.05) is 12.1 Å². The molecule has 0 fully saturated rings. The molecule has 0 N–H and O–H groups in total. The van der Waals surface area contributed by atoms with Crippen LogP contribution in [-0.2, 0) is 35.2 Å². The zero-order chi connectivity index (χ0) is 29.7. The number of esters is 2. The van der Waals surface area contributed by atoms with Crippen molar-refractivity contribution in [3.05, 3.63) is 63.7 Å². The number of aryl methyl sites for hydroxylation is 4. The number of ether oxygens (including phenoxy) is 2. The molecule has 42 heavy (non-hydrogen) atoms. The maximum atomic E-state index is 12.9. The highest BCUT2D eigenvalue weighted by Gasteiger charge is 2.24. The minimum atomic E-state index is -0.326. The van der Waals surface area contributed by atoms with Gasteiger partial charge in [-0.3, -0.25) is 9.97 Å². The van der Waals surface area contributed by atoms with Crippen LogP contribution in [0, 0.1) is 0 Å². The molecule has 2 aliphatic carbocycles. The first kappa shape index (κ1) is 31.9. The summed E-state index contributed by atoms with van der Waals surface area (Å²) in [4.78, 5) is 36.1. The zero-order valence-electron chi connectivity index (χ0n) is 26.0. The molecular formula is C36H50N2O4. The van der Waals surface area contributed by atoms with E-state index < -0.39 is 0 Å². The monoisotopic (exact) mass is 574 g/mol. The lowest BCUT2D eigenvalue weighted by Crippen LogP contribution is -2.15. The Balaban J connectivity index is 1.82. The van der Waals surface area contributed by atoms with Gasteiger partial charge in [0, 0.05) is 5.57 Å². The summed E-state index contributed by atoms with van der Waals surface area (Å²) in [7, 11) is 2.88. The molecule has 0 saturated heterocycles. The average molecular weight is 575 g/mol. The van der Waals surface area contributed by atoms with Gasteiger partial charge in [-0.15, -0.1) is 0 Å². The van der Waals surface area contributed by atoms with Crippen molar-refractivity contribution >= 4 is 17.5 Å². The lowest BCUT2D eigenvalue weighted by molar-refractivity contribution is 0.0589. The van der Waals surface area contributed by atoms with Crippen molar-refractivity contribution in [2.75, 3.05) is 14.2 Å². The number of hydrogen-bond acceptors (Lipinski definition) is 6. The second-order valence-electron chi connectivity index (χ2n) is 12.1. The van der Waals surface area contributed by atoms with E-state index in [0.29, 0.717) is 11.1 Å². The van der Waals surface area contributed by atoms with Gasteiger partial charge in [-0.2, -0.15) is 0 Å². The van der Waals surface area contributed by atoms with E-state index in [1.54, 1.807) is 0 Å². The van der Waals surface area contributed by atoms with Gasteiger partial charge >= 0.3 is 11.9 Å². The van der Waals surface area contributed by atoms with Crippen LogP contribution in [0.1, 0.15) is 157 Å². The lowest BCUT2D eigenvalue weighted by atomic mass is 9.91. The molecule has 4 aliphatic rings. The van der Waals surface area contributed by atoms with Crippen LogP contribution in [0.3, 0.4) is 0 Å². The molecule has 0 radical (unpaired) electrons. The first-order valence-electron chi connectivity index (χ1n) is 16.4. The third-order valence-corrected chi connectivity index (χ3v) is 8.96. The van der Waals surface area contributed by atoms with Gasteiger partial charge < -0.3 is 9.47 Å². The normalized spacial score (nSPS) is 17.6. The number of carbonyl (C=O) groups excluding carboxylic acids is 2. The molecule has 2 aliphatic heterocycles. The van der Waals surface area contributed by atoms with Gasteiger partial charge in [-0.05, 0) is 74.6 Å². The van der Waals surface area contributed by atoms with Crippen molar-refractivity contribution in [2.24, 2.45) is 0 Å². The predicted molar refractivity (Wildman–Crippen MR) is 168 cm³/mol. The number of carbonyl (C=O) groups is 2. The average Bonchev–Trinajstić information content (AvgIpc) is 3.01. The van der Waals surface area contributed by atoms with Gasteiger partial charge in [0.25, 0.3) is 0 Å². The fraction of sp³-hybridized carbons (Fsp3) is 0.611. The van der Waals surface area contributed by atoms with E-state index in [4.69, 9.17) is 19.4 Å². The summed E-state index contributed by atoms with van der Waals surface area (Å²) in [6.07, 6.45) is 21.8. The van der Waals surface area contributed by atoms with E-state index in [-0.39, 0.29) is 11.9 Å². The van der Waals surface area contributed by atoms with E-state index in [0.717, 1.165) is 117 Å². The second kappa shape index (κ2) is 16.6. The fourth-order valence-electron chi connectivity index (χ4n) is 6.49. The molecule has 6 nitrogen and oxygen atoms in total. The van der Waals surface area contributed by atoms with Crippen LogP contribution < -0.4 is 0 Å². The predicted octanol–water partition coefficient (Wildman–Crippen LogP) is 8.55. The largest absolute Gasteiger partial charge is 0.465 e. The van der Waals surface area contributed by atoms with Crippen LogP contribution in [0.2, 0.25) is 0 Å². The van der Waals surface area contributed by atoms with Crippen LogP contribution in [0.25, 0.3) is 5.57 Å². The molecule has 4 heterocycles. The minimum absolute atomic E-state index is 0.326. The highest BCUT2D eigenvalue weighted by atomic mass is 16.5. The third kappa shape index (κ3) is 8.52. The number of aromatic nitrogens is 2. The van der Waals surface area contributed by atoms with Crippen molar-refractivity contribution in [3.8, 4) is 0 Å². The molecule has 0 atom stereocenters. The number of rotatable bonds is 4. The molecule has 6 heteroatoms. The van der Waals surface area contributed by atoms with Crippen LogP contribution in [-0.4, -0.2) is 36.1 Å². The number of nitrogens with zero attached hydrogens (tertiary/aromatic N) is 2. The first-order valence-corrected chi connectivity index (χ1v) is 16.4. The number of pyridine rings is 2. The summed E-state index contributed by atoms with van der Waals surface area (Å²) in [6.45, 7) is 4.60. The zero-order valence-corrected chi connectivity index (χ0v) is 26.0. The standard InChI is InChI=1S/C36H50N2O4/c1-26(33-27-20-16-12-8-4-6-10-14-18-22-31(37-33)29(24-27)35(39)41-2)34-28-21-17-13-9-5-7-11-15-19-23-32(38-34)30(25-28)36(40)42-3/h24-25H,1,4-23H2,2-3H3. The topological polar surface area (TPSA) is 78.4 Å². The van der Waals surface area contributed by atoms with E-state index in [1.165, 1.54) is 65.6 Å². The number of fused-ring (bicyclic) bond motifs is 22. The smallest absolute Gasteiger partial charge is 0.339 e. The molecule has 0 saturated carbocycles. The second-order valence-corrected chi connectivity index (χ2v) is 12.1. The van der Waals surface area contributed by atoms with Gasteiger partial charge in [0.1, 0.15) is 0 Å². The third-order valence-electron chi connectivity index (χ3n) is 8.96. The molecule has 2 aromatic heterocycles. The van der Waals surface area contributed by atoms with Gasteiger partial charge in [-0.25, -0.2) is 9.59 Å². The summed E-state index contributed by atoms with van der Waals surface area (Å²) >= 11 is 0. The minimum Gasteiger partial charge on any atom is -0.465 e. The molecule has 228 valence electrons. The Labute approximate surface area is 252 Å². The molecule has 6 rings (SSSR count). The summed E-state index contributed by atoms with van der Waals surface area (Å²) in [5.74, 6) is -0.652. The Morgan fingerprint density at radius 1 is 0.548 bits per heavy atom. The summed E-state index contributed by atoms with van der Waals surface area (Å²) in [6, 6.07) is 4.02. The molecule has 0 spiro atoms. The van der Waals surface area contributed by atoms with E-state index in [9.17, 15) is 9.59 Å². The van der Waals surface area contributed by atoms with E-state index in [2.05, 4.69) is 6.58 Å². The summed E-state index contributed by atoms with van der Waals surface area (Å²) < 4.78 is 10.4. The Morgan fingerprint density at radius 3 is 1.19 bits per heavy atom. The van der Waals surface area contributed by atoms with Crippen LogP contribution in [0.5, 0.6) is 0 Å². The molecule has 0 amide bonds. The Bertz CT molecular complexity index is 1140. The first-order chi connectivity index (χ1) is 20.5. The van der Waals surface area contributed by atoms with Crippen LogP contribution >= 0.6 is 0 Å². The molecule has 2 aromatic rings. The van der Waals surface area contributed by atoms with Crippen LogP contribution in [0.15, 0.2) is 18.7 Å². The Hall–Kier alpha value is -3.02. The van der Waals surface area contributed by atoms with Crippen molar-refractivity contribution in [3.63, 3.8) is 0 Å². The fourth-order valence-corrected chi connectivity index (χ4v) is 6.49. The maximum Gasteiger partial charge on any atom is 0.339 e. The summed E-state index contributed by atoms with van der Waals surface area (Å²) in [5.41, 5.74) is 7.24. The number of methoxy groups -OCH3 is 2. The SMILES string of the molecule is C=C(c1nc2c(C(=O)OC)cc1CCCCCCCCCC2)c1nc2c(C(=O)OC)cc1CCCCCCCCCC2. The van der Waals surface area contributed by atoms with Crippen molar-refractivity contribution in [2.45, 2.75) is 128 Å². The highest BCUT2D eigenvalue weighted by Crippen LogP contribution is 2.32. The van der Waals surface area contributed by atoms with Gasteiger partial charge in [-0.1, -0.05) is 83.6 Å². The molecule has 0 aromatic carbocycles. The number of hydrogen-bond donors (Lipinski definition) is 0. The quantitative estimate of drug-likeness (QED) is 0.341. The van der Waals surface area contributed by atoms with E-state index >= 15 is 0 Å². The molecular weight excluding hydrogens is 524 g/mol. The Morgan fingerprint density at radius 2 is 0.857 bits per heavy atom. The lowest BCUT2D eigenvalue weighted by Gasteiger charge is -2.20. The summed E-state index contributed by atoms with van der Waals surface area (Å²) in [5, 5.41) is 0. The molecule has 4 bridgehead atoms. The van der Waals surface area contributed by atoms with Crippen molar-refractivity contribution in [1.82, 2.24) is 9.97 Å². The Kier molecular flexibility index (Phi) is 12.6. The molecule has 0 unspecified atom stereocenters. The highest BCUT2D eigenvalue weighted by molar-refractivity contribution is 5.93. The van der Waals surface area contributed by atoms with Gasteiger partial charge in [0.15, 0.2) is 0 Å². The van der Waals surface area contributed by atoms with Crippen molar-refractivity contribution < 1.29 is 19.1 Å².